The van der Waals surface area contributed by atoms with Gasteiger partial charge in [0.05, 0.1) is 5.76 Å². The first-order valence-electron chi connectivity index (χ1n) is 23.0. The van der Waals surface area contributed by atoms with E-state index >= 15 is 0 Å². The van der Waals surface area contributed by atoms with E-state index in [0.29, 0.717) is 6.10 Å². The number of rotatable bonds is 5. The van der Waals surface area contributed by atoms with Gasteiger partial charge in [0.15, 0.2) is 0 Å². The Hall–Kier alpha value is -1.28. The lowest BCUT2D eigenvalue weighted by Gasteiger charge is -2.46. The maximum absolute atomic E-state index is 6.60. The number of allylic oxidation sites excluding steroid dienone is 8. The molecule has 0 spiro atoms. The first-order chi connectivity index (χ1) is 24.8. The summed E-state index contributed by atoms with van der Waals surface area (Å²) in [6, 6.07) is 2.65. The SMILES string of the molecule is C1=CC(C2C=C(C3CCCCC3)C=C(C3CCCC(N4C5CCCCC5C5CC(C6CC=C7OC8CCCCC8C7C6)CCC54)C3)C2)CCC1. The molecule has 274 valence electrons. The van der Waals surface area contributed by atoms with E-state index in [1.54, 1.807) is 12.0 Å². The van der Waals surface area contributed by atoms with Crippen LogP contribution in [0.1, 0.15) is 167 Å². The molecule has 5 saturated carbocycles. The van der Waals surface area contributed by atoms with E-state index in [4.69, 9.17) is 4.74 Å². The lowest BCUT2D eigenvalue weighted by atomic mass is 9.63. The van der Waals surface area contributed by atoms with Crippen molar-refractivity contribution in [3.05, 3.63) is 47.3 Å². The van der Waals surface area contributed by atoms with Crippen molar-refractivity contribution in [2.45, 2.75) is 191 Å². The first-order valence-corrected chi connectivity index (χ1v) is 23.0. The third-order valence-corrected chi connectivity index (χ3v) is 17.5. The van der Waals surface area contributed by atoms with E-state index in [9.17, 15) is 0 Å². The van der Waals surface area contributed by atoms with Crippen LogP contribution in [0.4, 0.5) is 0 Å². The van der Waals surface area contributed by atoms with Crippen molar-refractivity contribution in [3.63, 3.8) is 0 Å². The molecule has 0 bridgehead atoms. The minimum Gasteiger partial charge on any atom is -0.494 e. The molecule has 50 heavy (non-hydrogen) atoms. The molecule has 8 aliphatic carbocycles. The summed E-state index contributed by atoms with van der Waals surface area (Å²) in [6.07, 6.45) is 51.7. The fourth-order valence-corrected chi connectivity index (χ4v) is 15.2. The van der Waals surface area contributed by atoms with Gasteiger partial charge >= 0.3 is 0 Å². The lowest BCUT2D eigenvalue weighted by molar-refractivity contribution is 0.0427. The number of likely N-dealkylation sites (tertiary alicyclic amines) is 1. The zero-order valence-corrected chi connectivity index (χ0v) is 31.7. The van der Waals surface area contributed by atoms with Crippen LogP contribution in [0.5, 0.6) is 0 Å². The van der Waals surface area contributed by atoms with E-state index in [0.717, 1.165) is 77.3 Å². The van der Waals surface area contributed by atoms with Crippen LogP contribution < -0.4 is 0 Å². The van der Waals surface area contributed by atoms with Crippen LogP contribution in [0.2, 0.25) is 0 Å². The molecule has 13 atom stereocenters. The van der Waals surface area contributed by atoms with Crippen LogP contribution in [0, 0.1) is 59.2 Å². The Morgan fingerprint density at radius 3 is 2.32 bits per heavy atom. The van der Waals surface area contributed by atoms with Crippen molar-refractivity contribution in [2.24, 2.45) is 59.2 Å². The summed E-state index contributed by atoms with van der Waals surface area (Å²) in [7, 11) is 0. The van der Waals surface area contributed by atoms with E-state index in [2.05, 4.69) is 35.3 Å². The molecule has 0 radical (unpaired) electrons. The van der Waals surface area contributed by atoms with Gasteiger partial charge < -0.3 is 4.74 Å². The average molecular weight is 678 g/mol. The van der Waals surface area contributed by atoms with E-state index in [-0.39, 0.29) is 0 Å². The number of hydrogen-bond donors (Lipinski definition) is 0. The molecule has 2 nitrogen and oxygen atoms in total. The third kappa shape index (κ3) is 6.28. The van der Waals surface area contributed by atoms with Gasteiger partial charge in [-0.3, -0.25) is 4.90 Å². The molecule has 2 saturated heterocycles. The molecule has 0 aromatic carbocycles. The minimum absolute atomic E-state index is 0.564. The van der Waals surface area contributed by atoms with Gasteiger partial charge in [-0.1, -0.05) is 74.8 Å². The van der Waals surface area contributed by atoms with Gasteiger partial charge in [0.2, 0.25) is 0 Å². The van der Waals surface area contributed by atoms with Crippen molar-refractivity contribution < 1.29 is 4.74 Å². The van der Waals surface area contributed by atoms with Crippen molar-refractivity contribution in [3.8, 4) is 0 Å². The summed E-state index contributed by atoms with van der Waals surface area (Å²) in [5, 5.41) is 0. The van der Waals surface area contributed by atoms with E-state index in [1.807, 2.05) is 5.57 Å². The Morgan fingerprint density at radius 2 is 1.42 bits per heavy atom. The highest BCUT2D eigenvalue weighted by Gasteiger charge is 2.55. The quantitative estimate of drug-likeness (QED) is 0.269. The van der Waals surface area contributed by atoms with Gasteiger partial charge in [0, 0.05) is 30.0 Å². The second-order valence-corrected chi connectivity index (χ2v) is 19.9. The largest absolute Gasteiger partial charge is 0.494 e. The maximum Gasteiger partial charge on any atom is 0.102 e. The number of fused-ring (bicyclic) bond motifs is 6. The average Bonchev–Trinajstić information content (AvgIpc) is 3.73. The smallest absolute Gasteiger partial charge is 0.102 e. The maximum atomic E-state index is 6.60. The number of hydrogen-bond acceptors (Lipinski definition) is 2. The second-order valence-electron chi connectivity index (χ2n) is 19.9. The van der Waals surface area contributed by atoms with Gasteiger partial charge in [0.1, 0.15) is 6.10 Å². The van der Waals surface area contributed by atoms with Gasteiger partial charge in [0.25, 0.3) is 0 Å². The lowest BCUT2D eigenvalue weighted by Crippen LogP contribution is -2.49. The molecule has 0 aromatic rings. The molecule has 10 aliphatic rings. The molecule has 10 rings (SSSR count). The molecule has 13 unspecified atom stereocenters. The fraction of sp³-hybridized carbons (Fsp3) is 0.833. The van der Waals surface area contributed by atoms with Gasteiger partial charge in [-0.2, -0.15) is 0 Å². The Bertz CT molecular complexity index is 1330. The number of nitrogens with zero attached hydrogens (tertiary/aromatic N) is 1. The molecule has 0 aromatic heterocycles. The van der Waals surface area contributed by atoms with Crippen molar-refractivity contribution in [1.82, 2.24) is 4.90 Å². The Balaban J connectivity index is 0.854. The summed E-state index contributed by atoms with van der Waals surface area (Å²) in [5.41, 5.74) is 3.69. The van der Waals surface area contributed by atoms with Crippen LogP contribution in [0.15, 0.2) is 47.3 Å². The molecule has 2 heteroatoms. The third-order valence-electron chi connectivity index (χ3n) is 17.5. The molecule has 0 amide bonds. The molecule has 2 aliphatic heterocycles. The van der Waals surface area contributed by atoms with E-state index in [1.165, 1.54) is 166 Å². The second kappa shape index (κ2) is 14.5. The number of ether oxygens (including phenoxy) is 1. The summed E-state index contributed by atoms with van der Waals surface area (Å²) < 4.78 is 6.60. The van der Waals surface area contributed by atoms with E-state index < -0.39 is 0 Å². The Kier molecular flexibility index (Phi) is 9.67. The first kappa shape index (κ1) is 33.3. The molecule has 2 heterocycles. The highest BCUT2D eigenvalue weighted by molar-refractivity contribution is 5.34. The van der Waals surface area contributed by atoms with Crippen LogP contribution in [0.3, 0.4) is 0 Å². The Morgan fingerprint density at radius 1 is 0.600 bits per heavy atom. The monoisotopic (exact) mass is 678 g/mol. The van der Waals surface area contributed by atoms with Gasteiger partial charge in [-0.25, -0.2) is 0 Å². The molecule has 7 fully saturated rings. The van der Waals surface area contributed by atoms with Gasteiger partial charge in [-0.05, 0) is 181 Å². The van der Waals surface area contributed by atoms with Crippen LogP contribution in [0.25, 0.3) is 0 Å². The Labute approximate surface area is 306 Å². The summed E-state index contributed by atoms with van der Waals surface area (Å²) >= 11 is 0. The predicted octanol–water partition coefficient (Wildman–Crippen LogP) is 12.5. The topological polar surface area (TPSA) is 12.5 Å². The highest BCUT2D eigenvalue weighted by atomic mass is 16.5. The van der Waals surface area contributed by atoms with Crippen LogP contribution in [-0.4, -0.2) is 29.1 Å². The molecular weight excluding hydrogens is 607 g/mol. The zero-order valence-electron chi connectivity index (χ0n) is 31.7. The predicted molar refractivity (Wildman–Crippen MR) is 206 cm³/mol. The molecular formula is C48H71NO. The zero-order chi connectivity index (χ0) is 33.0. The van der Waals surface area contributed by atoms with Gasteiger partial charge in [-0.15, -0.1) is 0 Å². The van der Waals surface area contributed by atoms with Crippen molar-refractivity contribution >= 4 is 0 Å². The summed E-state index contributed by atoms with van der Waals surface area (Å²) in [4.78, 5) is 3.32. The van der Waals surface area contributed by atoms with Crippen molar-refractivity contribution in [2.75, 3.05) is 0 Å². The summed E-state index contributed by atoms with van der Waals surface area (Å²) in [5.74, 6) is 10.2. The van der Waals surface area contributed by atoms with Crippen LogP contribution >= 0.6 is 0 Å². The molecule has 0 N–H and O–H groups in total. The van der Waals surface area contributed by atoms with Crippen molar-refractivity contribution in [1.29, 1.82) is 0 Å². The highest BCUT2D eigenvalue weighted by Crippen LogP contribution is 2.57. The standard InChI is InChI=1S/C48H71NO/c1-3-12-32(13-4-1)37-26-38(33-14-5-2-6-15-33)28-39(27-37)34-16-11-17-40(29-34)49-45-20-9-7-18-41(45)43-30-35(22-24-46(43)49)36-23-25-48-44(31-36)42-19-8-10-21-47(42)50-48/h3,12,25-26,28,32-37,40-47H,1-2,4-11,13-24,27,29-31H2. The minimum atomic E-state index is 0.564. The van der Waals surface area contributed by atoms with Crippen LogP contribution in [-0.2, 0) is 4.74 Å². The normalized spacial score (nSPS) is 46.8. The summed E-state index contributed by atoms with van der Waals surface area (Å²) in [6.45, 7) is 0. The fourth-order valence-electron chi connectivity index (χ4n) is 15.2.